The molecule has 7 atom stereocenters. The first-order valence-corrected chi connectivity index (χ1v) is 30.8. The number of aliphatic carboxylic acids is 1. The Morgan fingerprint density at radius 3 is 2.10 bits per heavy atom. The number of nitrogens with zero attached hydrogens (tertiary/aromatic N) is 4. The lowest BCUT2D eigenvalue weighted by Crippen LogP contribution is -2.58. The summed E-state index contributed by atoms with van der Waals surface area (Å²) in [5, 5.41) is 20.5. The van der Waals surface area contributed by atoms with Crippen LogP contribution >= 0.6 is 11.3 Å². The molecule has 20 heteroatoms. The summed E-state index contributed by atoms with van der Waals surface area (Å²) in [6.45, 7) is 17.4. The zero-order valence-corrected chi connectivity index (χ0v) is 50.0. The number of carbonyl (C=O) groups excluding carboxylic acids is 5. The number of nitrogens with one attached hydrogen (secondary N) is 3. The number of amides is 4. The molecule has 1 unspecified atom stereocenters. The lowest BCUT2D eigenvalue weighted by atomic mass is 9.91. The average molecular weight is 1140 g/mol. The van der Waals surface area contributed by atoms with Crippen molar-refractivity contribution in [3.8, 4) is 0 Å². The van der Waals surface area contributed by atoms with Crippen LogP contribution in [0.5, 0.6) is 0 Å². The lowest BCUT2D eigenvalue weighted by Gasteiger charge is -2.39. The van der Waals surface area contributed by atoms with Gasteiger partial charge in [-0.2, -0.15) is 0 Å². The third-order valence-corrected chi connectivity index (χ3v) is 17.2. The van der Waals surface area contributed by atoms with Crippen molar-refractivity contribution in [3.05, 3.63) is 52.0 Å². The van der Waals surface area contributed by atoms with Gasteiger partial charge in [-0.3, -0.25) is 28.9 Å². The van der Waals surface area contributed by atoms with Crippen LogP contribution in [0.25, 0.3) is 0 Å². The summed E-state index contributed by atoms with van der Waals surface area (Å²) in [5.41, 5.74) is 1.06. The second kappa shape index (κ2) is 36.0. The number of carboxylic acids is 1. The normalized spacial score (nSPS) is 19.3. The van der Waals surface area contributed by atoms with Gasteiger partial charge in [-0.15, -0.1) is 11.3 Å². The van der Waals surface area contributed by atoms with Crippen LogP contribution in [0.2, 0.25) is 0 Å². The van der Waals surface area contributed by atoms with Crippen LogP contribution in [0.3, 0.4) is 0 Å². The highest BCUT2D eigenvalue weighted by Gasteiger charge is 2.38. The number of aromatic nitrogens is 1. The van der Waals surface area contributed by atoms with Gasteiger partial charge >= 0.3 is 18.0 Å². The number of esters is 1. The molecule has 5 rings (SSSR count). The molecule has 3 heterocycles. The smallest absolute Gasteiger partial charge is 0.407 e. The van der Waals surface area contributed by atoms with Crippen LogP contribution in [-0.2, 0) is 49.3 Å². The number of alkyl carbamates (subject to hydrolysis) is 1. The van der Waals surface area contributed by atoms with Gasteiger partial charge in [0.25, 0.3) is 5.91 Å². The summed E-state index contributed by atoms with van der Waals surface area (Å²) >= 11 is 1.17. The minimum absolute atomic E-state index is 0.102. The first kappa shape index (κ1) is 66.1. The Morgan fingerprint density at radius 1 is 0.800 bits per heavy atom. The molecule has 80 heavy (non-hydrogen) atoms. The molecule has 1 aromatic carbocycles. The number of likely N-dealkylation sites (N-methyl/N-ethyl adjacent to an activating group) is 1. The van der Waals surface area contributed by atoms with E-state index in [9.17, 15) is 33.9 Å². The number of piperidine rings is 2. The van der Waals surface area contributed by atoms with Gasteiger partial charge in [0.2, 0.25) is 11.8 Å². The van der Waals surface area contributed by atoms with Gasteiger partial charge in [0.15, 0.2) is 6.10 Å². The number of thiazole rings is 1. The van der Waals surface area contributed by atoms with Gasteiger partial charge in [-0.05, 0) is 94.3 Å². The first-order chi connectivity index (χ1) is 38.5. The molecule has 0 radical (unpaired) electrons. The summed E-state index contributed by atoms with van der Waals surface area (Å²) in [7, 11) is 1.72. The Balaban J connectivity index is 1.02. The summed E-state index contributed by atoms with van der Waals surface area (Å²) in [5.74, 6) is -3.00. The predicted molar refractivity (Wildman–Crippen MR) is 308 cm³/mol. The first-order valence-electron chi connectivity index (χ1n) is 29.9. The summed E-state index contributed by atoms with van der Waals surface area (Å²) < 4.78 is 28.6. The van der Waals surface area contributed by atoms with Gasteiger partial charge < -0.3 is 54.5 Å². The molecule has 4 amide bonds. The topological polar surface area (TPSA) is 228 Å². The van der Waals surface area contributed by atoms with Crippen LogP contribution in [0, 0.1) is 23.7 Å². The Morgan fingerprint density at radius 2 is 1.45 bits per heavy atom. The number of hydrogen-bond acceptors (Lipinski definition) is 15. The molecule has 3 fully saturated rings. The van der Waals surface area contributed by atoms with Crippen LogP contribution in [0.1, 0.15) is 165 Å². The fourth-order valence-electron chi connectivity index (χ4n) is 11.3. The molecule has 2 saturated heterocycles. The largest absolute Gasteiger partial charge is 0.481 e. The van der Waals surface area contributed by atoms with Gasteiger partial charge in [0.1, 0.15) is 16.7 Å². The molecule has 0 spiro atoms. The van der Waals surface area contributed by atoms with E-state index in [1.165, 1.54) is 63.2 Å². The maximum Gasteiger partial charge on any atom is 0.407 e. The molecule has 2 aromatic rings. The predicted octanol–water partition coefficient (Wildman–Crippen LogP) is 8.06. The highest BCUT2D eigenvalue weighted by molar-refractivity contribution is 7.09. The summed E-state index contributed by atoms with van der Waals surface area (Å²) in [6.07, 6.45) is 14.3. The van der Waals surface area contributed by atoms with Crippen molar-refractivity contribution < 1.29 is 57.6 Å². The van der Waals surface area contributed by atoms with Gasteiger partial charge in [0, 0.05) is 57.0 Å². The quantitative estimate of drug-likeness (QED) is 0.0392. The van der Waals surface area contributed by atoms with Crippen molar-refractivity contribution in [2.24, 2.45) is 23.7 Å². The molecule has 1 aliphatic carbocycles. The van der Waals surface area contributed by atoms with E-state index in [1.54, 1.807) is 24.3 Å². The molecule has 2 aliphatic heterocycles. The van der Waals surface area contributed by atoms with E-state index < -0.39 is 60.1 Å². The molecule has 4 N–H and O–H groups in total. The number of carbonyl (C=O) groups is 6. The molecule has 19 nitrogen and oxygen atoms in total. The highest BCUT2D eigenvalue weighted by Crippen LogP contribution is 2.32. The monoisotopic (exact) mass is 1140 g/mol. The molecule has 450 valence electrons. The maximum absolute atomic E-state index is 14.6. The fourth-order valence-corrected chi connectivity index (χ4v) is 12.1. The number of ether oxygens (including phenoxy) is 5. The van der Waals surface area contributed by atoms with Crippen LogP contribution in [-0.4, -0.2) is 177 Å². The van der Waals surface area contributed by atoms with Crippen molar-refractivity contribution in [3.63, 3.8) is 0 Å². The Hall–Kier alpha value is -4.73. The Labute approximate surface area is 480 Å². The third-order valence-electron chi connectivity index (χ3n) is 16.3. The third kappa shape index (κ3) is 22.9. The van der Waals surface area contributed by atoms with E-state index in [2.05, 4.69) is 30.7 Å². The maximum atomic E-state index is 14.6. The second-order valence-electron chi connectivity index (χ2n) is 22.8. The number of rotatable bonds is 33. The van der Waals surface area contributed by atoms with Crippen molar-refractivity contribution in [1.29, 1.82) is 0 Å². The van der Waals surface area contributed by atoms with E-state index in [0.29, 0.717) is 89.5 Å². The van der Waals surface area contributed by atoms with E-state index in [4.69, 9.17) is 23.7 Å². The Bertz CT molecular complexity index is 2150. The van der Waals surface area contributed by atoms with Crippen LogP contribution in [0.4, 0.5) is 4.79 Å². The zero-order chi connectivity index (χ0) is 57.8. The van der Waals surface area contributed by atoms with Crippen LogP contribution in [0.15, 0.2) is 35.7 Å². The standard InChI is InChI=1S/C60H97N7O12S/c1-8-43(4)54(58(71)65(7)52(42(2)3)39-53(79-45(6)68)57-63-50(41-80-57)55(69)62-48(37-44(5)59(72)73)38-46-19-13-12-14-20-46)64-56(70)51-23-17-18-27-67(51)30-32-76-34-36-77-35-33-75-31-26-61-60(74)78-40-47-24-28-66(29-25-47)49-21-15-10-9-11-16-22-49/h12-14,19-20,41-44,47-49,51-54H,8-11,15-18,21-40H2,1-7H3,(H,61,74)(H,62,69)(H,64,70)(H,72,73)/t43-,44+,48-,51-,52-,53?,54+/m1/s1. The second-order valence-corrected chi connectivity index (χ2v) is 23.7. The summed E-state index contributed by atoms with van der Waals surface area (Å²) in [6, 6.07) is 8.08. The van der Waals surface area contributed by atoms with Gasteiger partial charge in [0.05, 0.1) is 58.2 Å². The SMILES string of the molecule is CC[C@@H](C)[C@H](NC(=O)[C@H]1CCCCN1CCOCCOCCOCCNC(=O)OCC1CCN(C2CCCCCCC2)CC1)C(=O)N(C)[C@H](CC(OC(C)=O)c1nc(C(=O)N[C@@H](Cc2ccccc2)C[C@H](C)C(=O)O)cs1)C(C)C. The van der Waals surface area contributed by atoms with Gasteiger partial charge in [-0.1, -0.05) is 110 Å². The molecule has 3 aliphatic rings. The number of likely N-dealkylation sites (tertiary alicyclic amines) is 2. The molecule has 0 bridgehead atoms. The highest BCUT2D eigenvalue weighted by atomic mass is 32.1. The number of carboxylic acid groups (broad SMARTS) is 1. The average Bonchev–Trinajstić information content (AvgIpc) is 3.96. The minimum Gasteiger partial charge on any atom is -0.481 e. The number of hydrogen-bond donors (Lipinski definition) is 4. The van der Waals surface area contributed by atoms with E-state index in [-0.39, 0.29) is 42.2 Å². The van der Waals surface area contributed by atoms with Gasteiger partial charge in [-0.25, -0.2) is 9.78 Å². The zero-order valence-electron chi connectivity index (χ0n) is 49.2. The van der Waals surface area contributed by atoms with Crippen LogP contribution < -0.4 is 16.0 Å². The van der Waals surface area contributed by atoms with E-state index in [1.807, 2.05) is 58.0 Å². The molecular formula is C60H97N7O12S. The molecule has 1 aromatic heterocycles. The van der Waals surface area contributed by atoms with E-state index in [0.717, 1.165) is 56.9 Å². The lowest BCUT2D eigenvalue weighted by molar-refractivity contribution is -0.149. The summed E-state index contributed by atoms with van der Waals surface area (Å²) in [4.78, 5) is 90.2. The number of benzene rings is 1. The van der Waals surface area contributed by atoms with E-state index >= 15 is 0 Å². The van der Waals surface area contributed by atoms with Crippen molar-refractivity contribution in [2.45, 2.75) is 181 Å². The fraction of sp³-hybridized carbons (Fsp3) is 0.750. The van der Waals surface area contributed by atoms with Crippen molar-refractivity contribution in [1.82, 2.24) is 35.6 Å². The minimum atomic E-state index is -0.956. The van der Waals surface area contributed by atoms with Crippen molar-refractivity contribution in [2.75, 3.05) is 86.0 Å². The molecular weight excluding hydrogens is 1040 g/mol. The Kier molecular flexibility index (Phi) is 29.7. The molecule has 1 saturated carbocycles. The van der Waals surface area contributed by atoms with Crippen molar-refractivity contribution >= 4 is 47.1 Å².